The van der Waals surface area contributed by atoms with Crippen LogP contribution in [0.2, 0.25) is 0 Å². The molecule has 1 aliphatic rings. The van der Waals surface area contributed by atoms with E-state index in [1.165, 1.54) is 4.68 Å². The number of hydrogen-bond acceptors (Lipinski definition) is 5. The van der Waals surface area contributed by atoms with Crippen LogP contribution in [0.4, 0.5) is 0 Å². The zero-order chi connectivity index (χ0) is 16.2. The number of methoxy groups -OCH3 is 1. The molecule has 7 nitrogen and oxygen atoms in total. The van der Waals surface area contributed by atoms with Gasteiger partial charge in [0.2, 0.25) is 0 Å². The first-order chi connectivity index (χ1) is 11.2. The Bertz CT molecular complexity index is 685. The van der Waals surface area contributed by atoms with Gasteiger partial charge in [-0.15, -0.1) is 0 Å². The first kappa shape index (κ1) is 15.5. The van der Waals surface area contributed by atoms with E-state index in [2.05, 4.69) is 5.10 Å². The molecule has 0 bridgehead atoms. The summed E-state index contributed by atoms with van der Waals surface area (Å²) >= 11 is 0. The van der Waals surface area contributed by atoms with Gasteiger partial charge in [0, 0.05) is 18.9 Å². The highest BCUT2D eigenvalue weighted by Gasteiger charge is 2.30. The maximum Gasteiger partial charge on any atom is 0.325 e. The van der Waals surface area contributed by atoms with Crippen LogP contribution in [0.1, 0.15) is 0 Å². The molecule has 0 aliphatic carbocycles. The molecule has 122 valence electrons. The minimum absolute atomic E-state index is 0.104. The minimum Gasteiger partial charge on any atom is -0.484 e. The molecule has 23 heavy (non-hydrogen) atoms. The van der Waals surface area contributed by atoms with Crippen molar-refractivity contribution < 1.29 is 24.1 Å². The Morgan fingerprint density at radius 2 is 2.13 bits per heavy atom. The number of nitrogens with zero attached hydrogens (tertiary/aromatic N) is 2. The smallest absolute Gasteiger partial charge is 0.325 e. The van der Waals surface area contributed by atoms with Crippen LogP contribution >= 0.6 is 0 Å². The lowest BCUT2D eigenvalue weighted by Gasteiger charge is -2.19. The van der Waals surface area contributed by atoms with Crippen LogP contribution in [0.25, 0.3) is 11.3 Å². The highest BCUT2D eigenvalue weighted by atomic mass is 16.6. The molecule has 0 radical (unpaired) electrons. The van der Waals surface area contributed by atoms with Crippen molar-refractivity contribution in [3.63, 3.8) is 0 Å². The van der Waals surface area contributed by atoms with Crippen LogP contribution in [-0.2, 0) is 20.8 Å². The van der Waals surface area contributed by atoms with E-state index in [1.54, 1.807) is 19.4 Å². The van der Waals surface area contributed by atoms with Crippen molar-refractivity contribution in [1.29, 1.82) is 0 Å². The molecule has 0 spiro atoms. The summed E-state index contributed by atoms with van der Waals surface area (Å²) in [5.41, 5.74) is 1.47. The van der Waals surface area contributed by atoms with E-state index in [0.29, 0.717) is 24.7 Å². The number of aromatic nitrogens is 2. The lowest BCUT2D eigenvalue weighted by Crippen LogP contribution is -2.31. The van der Waals surface area contributed by atoms with Crippen LogP contribution < -0.4 is 4.74 Å². The third-order valence-corrected chi connectivity index (χ3v) is 3.66. The average molecular weight is 318 g/mol. The molecule has 1 aromatic heterocycles. The summed E-state index contributed by atoms with van der Waals surface area (Å²) in [6.07, 6.45) is 1.35. The van der Waals surface area contributed by atoms with E-state index in [4.69, 9.17) is 19.3 Å². The highest BCUT2D eigenvalue weighted by Crippen LogP contribution is 2.30. The first-order valence-corrected chi connectivity index (χ1v) is 7.29. The third-order valence-electron chi connectivity index (χ3n) is 3.66. The maximum absolute atomic E-state index is 10.8. The predicted octanol–water partition coefficient (Wildman–Crippen LogP) is 1.43. The Hall–Kier alpha value is -2.38. The number of rotatable bonds is 6. The van der Waals surface area contributed by atoms with Crippen LogP contribution in [0, 0.1) is 0 Å². The van der Waals surface area contributed by atoms with Crippen LogP contribution in [0.15, 0.2) is 36.5 Å². The first-order valence-electron chi connectivity index (χ1n) is 7.29. The molecule has 1 aliphatic heterocycles. The summed E-state index contributed by atoms with van der Waals surface area (Å²) < 4.78 is 18.2. The van der Waals surface area contributed by atoms with Crippen molar-refractivity contribution in [3.8, 4) is 17.0 Å². The number of para-hydroxylation sites is 1. The van der Waals surface area contributed by atoms with Gasteiger partial charge in [-0.25, -0.2) is 0 Å². The van der Waals surface area contributed by atoms with Crippen LogP contribution in [0.5, 0.6) is 5.75 Å². The molecule has 3 rings (SSSR count). The largest absolute Gasteiger partial charge is 0.484 e. The fourth-order valence-electron chi connectivity index (χ4n) is 2.52. The number of benzene rings is 1. The Balaban J connectivity index is 1.83. The third kappa shape index (κ3) is 3.52. The van der Waals surface area contributed by atoms with Gasteiger partial charge in [0.1, 0.15) is 18.4 Å². The fourth-order valence-corrected chi connectivity index (χ4v) is 2.52. The lowest BCUT2D eigenvalue weighted by molar-refractivity contribution is -0.137. The second-order valence-electron chi connectivity index (χ2n) is 5.26. The Kier molecular flexibility index (Phi) is 4.59. The van der Waals surface area contributed by atoms with Crippen molar-refractivity contribution in [1.82, 2.24) is 9.78 Å². The maximum atomic E-state index is 10.8. The lowest BCUT2D eigenvalue weighted by atomic mass is 10.1. The molecule has 1 aromatic carbocycles. The number of hydrogen-bond donors (Lipinski definition) is 1. The fraction of sp³-hybridized carbons (Fsp3) is 0.375. The zero-order valence-corrected chi connectivity index (χ0v) is 12.7. The monoisotopic (exact) mass is 318 g/mol. The molecular weight excluding hydrogens is 300 g/mol. The Morgan fingerprint density at radius 3 is 2.91 bits per heavy atom. The molecule has 1 saturated heterocycles. The summed E-state index contributed by atoms with van der Waals surface area (Å²) in [5.74, 6) is -0.263. The molecule has 2 heterocycles. The van der Waals surface area contributed by atoms with E-state index in [9.17, 15) is 4.79 Å². The molecule has 2 aromatic rings. The second kappa shape index (κ2) is 6.80. The van der Waals surface area contributed by atoms with Gasteiger partial charge in [0.25, 0.3) is 0 Å². The number of carboxylic acids is 1. The summed E-state index contributed by atoms with van der Waals surface area (Å²) in [6, 6.07) is 9.28. The van der Waals surface area contributed by atoms with Crippen LogP contribution in [0.3, 0.4) is 0 Å². The number of aliphatic carboxylic acids is 1. The van der Waals surface area contributed by atoms with E-state index < -0.39 is 5.97 Å². The van der Waals surface area contributed by atoms with Crippen LogP contribution in [-0.4, -0.2) is 53.4 Å². The van der Waals surface area contributed by atoms with E-state index in [-0.39, 0.29) is 18.8 Å². The summed E-state index contributed by atoms with van der Waals surface area (Å²) in [7, 11) is 1.63. The van der Waals surface area contributed by atoms with E-state index >= 15 is 0 Å². The Morgan fingerprint density at radius 1 is 1.35 bits per heavy atom. The van der Waals surface area contributed by atoms with Gasteiger partial charge in [0.15, 0.2) is 6.10 Å². The van der Waals surface area contributed by atoms with Crippen molar-refractivity contribution in [2.45, 2.75) is 18.8 Å². The standard InChI is InChI=1S/C16H18N2O5/c1-21-14-9-22-10-15(14)23-13-5-3-2-4-11(13)12-6-7-18(17-12)8-16(19)20/h2-7,14-15H,8-10H2,1H3,(H,19,20)/t14?,15-/m1/s1. The Labute approximate surface area is 133 Å². The molecule has 1 unspecified atom stereocenters. The highest BCUT2D eigenvalue weighted by molar-refractivity contribution is 5.68. The van der Waals surface area contributed by atoms with Gasteiger partial charge in [-0.2, -0.15) is 5.10 Å². The number of ether oxygens (including phenoxy) is 3. The van der Waals surface area contributed by atoms with Crippen molar-refractivity contribution >= 4 is 5.97 Å². The quantitative estimate of drug-likeness (QED) is 0.867. The molecule has 1 N–H and O–H groups in total. The topological polar surface area (TPSA) is 82.8 Å². The van der Waals surface area contributed by atoms with Gasteiger partial charge in [-0.05, 0) is 18.2 Å². The normalized spacial score (nSPS) is 20.6. The summed E-state index contributed by atoms with van der Waals surface area (Å²) in [4.78, 5) is 10.8. The minimum atomic E-state index is -0.935. The van der Waals surface area contributed by atoms with Gasteiger partial charge < -0.3 is 19.3 Å². The molecule has 0 amide bonds. The van der Waals surface area contributed by atoms with Gasteiger partial charge >= 0.3 is 5.97 Å². The predicted molar refractivity (Wildman–Crippen MR) is 81.3 cm³/mol. The zero-order valence-electron chi connectivity index (χ0n) is 12.7. The van der Waals surface area contributed by atoms with Gasteiger partial charge in [-0.3, -0.25) is 9.48 Å². The summed E-state index contributed by atoms with van der Waals surface area (Å²) in [5, 5.41) is 13.1. The van der Waals surface area contributed by atoms with Gasteiger partial charge in [0.05, 0.1) is 18.9 Å². The molecule has 2 atom stereocenters. The van der Waals surface area contributed by atoms with E-state index in [0.717, 1.165) is 5.56 Å². The molecular formula is C16H18N2O5. The number of carbonyl (C=O) groups is 1. The average Bonchev–Trinajstić information content (AvgIpc) is 3.16. The molecule has 1 fully saturated rings. The van der Waals surface area contributed by atoms with Gasteiger partial charge in [-0.1, -0.05) is 12.1 Å². The van der Waals surface area contributed by atoms with Crippen molar-refractivity contribution in [2.24, 2.45) is 0 Å². The summed E-state index contributed by atoms with van der Waals surface area (Å²) in [6.45, 7) is 0.808. The van der Waals surface area contributed by atoms with E-state index in [1.807, 2.05) is 24.3 Å². The van der Waals surface area contributed by atoms with Crippen molar-refractivity contribution in [2.75, 3.05) is 20.3 Å². The van der Waals surface area contributed by atoms with Crippen molar-refractivity contribution in [3.05, 3.63) is 36.5 Å². The molecule has 0 saturated carbocycles. The molecule has 7 heteroatoms. The SMILES string of the molecule is COC1COC[C@H]1Oc1ccccc1-c1ccn(CC(=O)O)n1. The second-order valence-corrected chi connectivity index (χ2v) is 5.26. The number of carboxylic acid groups (broad SMARTS) is 1.